The molecule has 2 N–H and O–H groups in total. The SMILES string of the molecule is Cc1cc(C)cc(C)c1.O=C(O)C(CO)N=S(=O)=O. The highest BCUT2D eigenvalue weighted by Crippen LogP contribution is 2.06. The molecular weight excluding hydrogens is 270 g/mol. The molecule has 1 rings (SSSR count). The molecule has 19 heavy (non-hydrogen) atoms. The van der Waals surface area contributed by atoms with E-state index in [0.717, 1.165) is 0 Å². The second-order valence-electron chi connectivity index (χ2n) is 4.02. The maximum absolute atomic E-state index is 9.94. The van der Waals surface area contributed by atoms with Crippen molar-refractivity contribution in [2.75, 3.05) is 6.61 Å². The molecule has 0 aliphatic heterocycles. The average molecular weight is 287 g/mol. The number of aliphatic hydroxyl groups excluding tert-OH is 1. The van der Waals surface area contributed by atoms with Crippen LogP contribution in [-0.4, -0.2) is 37.2 Å². The molecule has 0 heterocycles. The third-order valence-electron chi connectivity index (χ3n) is 2.04. The summed E-state index contributed by atoms with van der Waals surface area (Å²) < 4.78 is 22.1. The van der Waals surface area contributed by atoms with Crippen LogP contribution in [0, 0.1) is 20.8 Å². The summed E-state index contributed by atoms with van der Waals surface area (Å²) in [7, 11) is -2.78. The fourth-order valence-corrected chi connectivity index (χ4v) is 1.83. The number of nitrogens with zero attached hydrogens (tertiary/aromatic N) is 1. The van der Waals surface area contributed by atoms with E-state index in [0.29, 0.717) is 0 Å². The Balaban J connectivity index is 0.000000342. The lowest BCUT2D eigenvalue weighted by Gasteiger charge is -1.96. The van der Waals surface area contributed by atoms with Crippen molar-refractivity contribution in [2.24, 2.45) is 4.36 Å². The summed E-state index contributed by atoms with van der Waals surface area (Å²) in [6.45, 7) is 5.56. The topological polar surface area (TPSA) is 104 Å². The van der Waals surface area contributed by atoms with Crippen LogP contribution in [0.2, 0.25) is 0 Å². The van der Waals surface area contributed by atoms with Gasteiger partial charge in [-0.25, -0.2) is 4.79 Å². The molecule has 1 unspecified atom stereocenters. The van der Waals surface area contributed by atoms with E-state index >= 15 is 0 Å². The summed E-state index contributed by atoms with van der Waals surface area (Å²) in [4.78, 5) is 9.94. The number of carboxylic acid groups (broad SMARTS) is 1. The second-order valence-corrected chi connectivity index (χ2v) is 4.67. The molecule has 0 aliphatic rings. The van der Waals surface area contributed by atoms with Crippen LogP contribution >= 0.6 is 0 Å². The Morgan fingerprint density at radius 3 is 1.68 bits per heavy atom. The van der Waals surface area contributed by atoms with Gasteiger partial charge in [0.15, 0.2) is 6.04 Å². The molecule has 1 aromatic carbocycles. The van der Waals surface area contributed by atoms with Gasteiger partial charge in [0.1, 0.15) is 0 Å². The van der Waals surface area contributed by atoms with Crippen LogP contribution in [0.4, 0.5) is 0 Å². The largest absolute Gasteiger partial charge is 0.480 e. The van der Waals surface area contributed by atoms with Crippen molar-refractivity contribution in [3.8, 4) is 0 Å². The molecule has 0 aliphatic carbocycles. The van der Waals surface area contributed by atoms with E-state index in [-0.39, 0.29) is 0 Å². The number of rotatable bonds is 3. The maximum Gasteiger partial charge on any atom is 0.332 e. The van der Waals surface area contributed by atoms with Gasteiger partial charge >= 0.3 is 16.5 Å². The van der Waals surface area contributed by atoms with Crippen molar-refractivity contribution in [3.05, 3.63) is 34.9 Å². The Hall–Kier alpha value is -1.73. The van der Waals surface area contributed by atoms with E-state index in [1.807, 2.05) is 0 Å². The van der Waals surface area contributed by atoms with Crippen molar-refractivity contribution in [1.82, 2.24) is 0 Å². The van der Waals surface area contributed by atoms with E-state index in [4.69, 9.17) is 10.2 Å². The van der Waals surface area contributed by atoms with Crippen molar-refractivity contribution in [1.29, 1.82) is 0 Å². The number of hydrogen-bond acceptors (Lipinski definition) is 5. The van der Waals surface area contributed by atoms with Crippen LogP contribution in [0.3, 0.4) is 0 Å². The molecule has 0 radical (unpaired) electrons. The van der Waals surface area contributed by atoms with E-state index < -0.39 is 29.1 Å². The minimum Gasteiger partial charge on any atom is -0.480 e. The van der Waals surface area contributed by atoms with Gasteiger partial charge in [-0.15, -0.1) is 0 Å². The molecule has 0 bridgehead atoms. The number of aliphatic hydroxyl groups is 1. The van der Waals surface area contributed by atoms with Crippen molar-refractivity contribution < 1.29 is 23.4 Å². The molecule has 0 saturated carbocycles. The predicted molar refractivity (Wildman–Crippen MR) is 70.5 cm³/mol. The highest BCUT2D eigenvalue weighted by atomic mass is 32.2. The lowest BCUT2D eigenvalue weighted by Crippen LogP contribution is -2.21. The van der Waals surface area contributed by atoms with Crippen LogP contribution in [-0.2, 0) is 15.3 Å². The highest BCUT2D eigenvalue weighted by molar-refractivity contribution is 7.61. The Morgan fingerprint density at radius 2 is 1.53 bits per heavy atom. The van der Waals surface area contributed by atoms with E-state index in [1.165, 1.54) is 16.7 Å². The Morgan fingerprint density at radius 1 is 1.16 bits per heavy atom. The van der Waals surface area contributed by atoms with Crippen LogP contribution in [0.25, 0.3) is 0 Å². The van der Waals surface area contributed by atoms with Crippen LogP contribution in [0.1, 0.15) is 16.7 Å². The number of benzene rings is 1. The fourth-order valence-electron chi connectivity index (χ4n) is 1.46. The summed E-state index contributed by atoms with van der Waals surface area (Å²) >= 11 is 0. The third kappa shape index (κ3) is 8.06. The molecule has 0 amide bonds. The quantitative estimate of drug-likeness (QED) is 0.866. The zero-order valence-electron chi connectivity index (χ0n) is 11.0. The predicted octanol–water partition coefficient (Wildman–Crippen LogP) is 1.11. The highest BCUT2D eigenvalue weighted by Gasteiger charge is 2.14. The first kappa shape index (κ1) is 17.3. The van der Waals surface area contributed by atoms with Gasteiger partial charge in [0, 0.05) is 0 Å². The minimum atomic E-state index is -2.78. The van der Waals surface area contributed by atoms with E-state index in [9.17, 15) is 13.2 Å². The first-order valence-corrected chi connectivity index (χ1v) is 6.48. The third-order valence-corrected chi connectivity index (χ3v) is 2.46. The van der Waals surface area contributed by atoms with Crippen molar-refractivity contribution in [2.45, 2.75) is 26.8 Å². The summed E-state index contributed by atoms with van der Waals surface area (Å²) in [5, 5.41) is 16.3. The first-order valence-electron chi connectivity index (χ1n) is 5.45. The van der Waals surface area contributed by atoms with E-state index in [2.05, 4.69) is 43.3 Å². The van der Waals surface area contributed by atoms with Crippen LogP contribution < -0.4 is 0 Å². The zero-order chi connectivity index (χ0) is 15.0. The zero-order valence-corrected chi connectivity index (χ0v) is 11.8. The van der Waals surface area contributed by atoms with Gasteiger partial charge in [0.05, 0.1) is 6.61 Å². The minimum absolute atomic E-state index is 0.816. The lowest BCUT2D eigenvalue weighted by molar-refractivity contribution is -0.139. The molecule has 0 aromatic heterocycles. The lowest BCUT2D eigenvalue weighted by atomic mass is 10.1. The summed E-state index contributed by atoms with van der Waals surface area (Å²) in [5.41, 5.74) is 4.06. The molecule has 6 nitrogen and oxygen atoms in total. The van der Waals surface area contributed by atoms with Crippen molar-refractivity contribution in [3.63, 3.8) is 0 Å². The molecule has 106 valence electrons. The molecule has 1 atom stereocenters. The van der Waals surface area contributed by atoms with Crippen LogP contribution in [0.5, 0.6) is 0 Å². The normalized spacial score (nSPS) is 10.9. The average Bonchev–Trinajstić information content (AvgIpc) is 2.24. The summed E-state index contributed by atoms with van der Waals surface area (Å²) in [5.74, 6) is -1.47. The van der Waals surface area contributed by atoms with Gasteiger partial charge in [0.25, 0.3) is 0 Å². The summed E-state index contributed by atoms with van der Waals surface area (Å²) in [6.07, 6.45) is 0. The molecule has 0 fully saturated rings. The van der Waals surface area contributed by atoms with Crippen molar-refractivity contribution >= 4 is 16.5 Å². The number of aryl methyl sites for hydroxylation is 3. The van der Waals surface area contributed by atoms with Gasteiger partial charge in [-0.3, -0.25) is 0 Å². The number of aliphatic carboxylic acids is 1. The molecule has 0 saturated heterocycles. The molecule has 7 heteroatoms. The number of carbonyl (C=O) groups is 1. The summed E-state index contributed by atoms with van der Waals surface area (Å²) in [6, 6.07) is 4.99. The van der Waals surface area contributed by atoms with Gasteiger partial charge in [-0.1, -0.05) is 34.9 Å². The first-order chi connectivity index (χ1) is 8.76. The Bertz CT molecular complexity index is 507. The molecular formula is C12H17NO5S. The fraction of sp³-hybridized carbons (Fsp3) is 0.417. The van der Waals surface area contributed by atoms with Gasteiger partial charge < -0.3 is 10.2 Å². The van der Waals surface area contributed by atoms with Gasteiger partial charge in [0.2, 0.25) is 0 Å². The van der Waals surface area contributed by atoms with Crippen LogP contribution in [0.15, 0.2) is 22.6 Å². The van der Waals surface area contributed by atoms with E-state index in [1.54, 1.807) is 0 Å². The smallest absolute Gasteiger partial charge is 0.332 e. The standard InChI is InChI=1S/C9H12.C3H5NO5S/c1-7-4-8(2)6-9(3)5-7;5-1-2(3(6)7)4-10(8)9/h4-6H,1-3H3;2,5H,1H2,(H,6,7). The van der Waals surface area contributed by atoms with Gasteiger partial charge in [-0.2, -0.15) is 12.8 Å². The Labute approximate surface area is 113 Å². The monoisotopic (exact) mass is 287 g/mol. The number of carboxylic acids is 1. The Kier molecular flexibility index (Phi) is 7.62. The van der Waals surface area contributed by atoms with Gasteiger partial charge in [-0.05, 0) is 20.8 Å². The number of hydrogen-bond donors (Lipinski definition) is 2. The molecule has 1 aromatic rings. The second kappa shape index (κ2) is 8.39. The molecule has 0 spiro atoms. The maximum atomic E-state index is 9.94.